The summed E-state index contributed by atoms with van der Waals surface area (Å²) in [6.45, 7) is 0. The highest BCUT2D eigenvalue weighted by Crippen LogP contribution is 2.26. The van der Waals surface area contributed by atoms with Crippen LogP contribution in [-0.4, -0.2) is 52.7 Å². The highest BCUT2D eigenvalue weighted by Gasteiger charge is 2.37. The summed E-state index contributed by atoms with van der Waals surface area (Å²) in [7, 11) is 0. The number of fused-ring (bicyclic) bond motifs is 1. The average Bonchev–Trinajstić information content (AvgIpc) is 3.23. The predicted octanol–water partition coefficient (Wildman–Crippen LogP) is 1.30. The number of amides is 3. The van der Waals surface area contributed by atoms with Gasteiger partial charge in [0.05, 0.1) is 12.1 Å². The van der Waals surface area contributed by atoms with Gasteiger partial charge < -0.3 is 20.7 Å². The lowest BCUT2D eigenvalue weighted by Gasteiger charge is -2.31. The van der Waals surface area contributed by atoms with Crippen molar-refractivity contribution < 1.29 is 14.3 Å². The lowest BCUT2D eigenvalue weighted by atomic mass is 9.88. The van der Waals surface area contributed by atoms with Crippen LogP contribution in [0.5, 0.6) is 5.88 Å². The van der Waals surface area contributed by atoms with E-state index in [2.05, 4.69) is 20.9 Å². The molecule has 25 heavy (non-hydrogen) atoms. The van der Waals surface area contributed by atoms with Gasteiger partial charge in [0.1, 0.15) is 11.7 Å². The summed E-state index contributed by atoms with van der Waals surface area (Å²) in [4.78, 5) is 28.4. The first-order valence-corrected chi connectivity index (χ1v) is 9.92. The summed E-state index contributed by atoms with van der Waals surface area (Å²) in [5.74, 6) is 2.28. The molecule has 134 valence electrons. The summed E-state index contributed by atoms with van der Waals surface area (Å²) in [5.41, 5.74) is 0.482. The minimum atomic E-state index is -0.158. The van der Waals surface area contributed by atoms with Crippen LogP contribution < -0.4 is 20.7 Å². The number of carbonyl (C=O) groups excluding carboxylic acids is 2. The molecular weight excluding hydrogens is 340 g/mol. The van der Waals surface area contributed by atoms with Crippen LogP contribution >= 0.6 is 11.8 Å². The lowest BCUT2D eigenvalue weighted by Crippen LogP contribution is -2.47. The first-order valence-electron chi connectivity index (χ1n) is 8.76. The number of thioether (sulfide) groups is 1. The molecule has 7 nitrogen and oxygen atoms in total. The van der Waals surface area contributed by atoms with Crippen molar-refractivity contribution in [2.75, 3.05) is 11.5 Å². The fraction of sp³-hybridized carbons (Fsp3) is 0.588. The van der Waals surface area contributed by atoms with Crippen LogP contribution in [-0.2, 0) is 0 Å². The van der Waals surface area contributed by atoms with E-state index in [1.54, 1.807) is 18.3 Å². The SMILES string of the molecule is O=C1NC2CCC(NC(=O)c3cccnc3OC3CCSC3)CC2N1. The summed E-state index contributed by atoms with van der Waals surface area (Å²) in [6.07, 6.45) is 5.22. The van der Waals surface area contributed by atoms with Crippen LogP contribution in [0, 0.1) is 0 Å². The molecule has 1 aromatic heterocycles. The Bertz CT molecular complexity index is 665. The molecule has 0 spiro atoms. The van der Waals surface area contributed by atoms with Crippen LogP contribution in [0.2, 0.25) is 0 Å². The topological polar surface area (TPSA) is 92.4 Å². The number of pyridine rings is 1. The summed E-state index contributed by atoms with van der Waals surface area (Å²) < 4.78 is 5.94. The van der Waals surface area contributed by atoms with E-state index in [9.17, 15) is 9.59 Å². The molecule has 1 aliphatic carbocycles. The molecule has 3 amide bonds. The lowest BCUT2D eigenvalue weighted by molar-refractivity contribution is 0.0915. The largest absolute Gasteiger partial charge is 0.473 e. The Morgan fingerprint density at radius 1 is 1.28 bits per heavy atom. The molecule has 2 saturated heterocycles. The Labute approximate surface area is 150 Å². The number of aromatic nitrogens is 1. The quantitative estimate of drug-likeness (QED) is 0.751. The van der Waals surface area contributed by atoms with Gasteiger partial charge >= 0.3 is 6.03 Å². The second-order valence-electron chi connectivity index (χ2n) is 6.77. The van der Waals surface area contributed by atoms with Gasteiger partial charge in [-0.25, -0.2) is 9.78 Å². The maximum Gasteiger partial charge on any atom is 0.315 e. The Balaban J connectivity index is 1.40. The standard InChI is InChI=1S/C17H22N4O3S/c22-15(19-10-3-4-13-14(8-10)21-17(23)20-13)12-2-1-6-18-16(12)24-11-5-7-25-9-11/h1-2,6,10-11,13-14H,3-5,7-9H2,(H,19,22)(H2,20,21,23). The first-order chi connectivity index (χ1) is 12.2. The second-order valence-corrected chi connectivity index (χ2v) is 7.92. The van der Waals surface area contributed by atoms with Crippen LogP contribution in [0.1, 0.15) is 36.0 Å². The third-order valence-electron chi connectivity index (χ3n) is 5.00. The Kier molecular flexibility index (Phi) is 4.70. The second kappa shape index (κ2) is 7.11. The van der Waals surface area contributed by atoms with Gasteiger partial charge in [-0.15, -0.1) is 0 Å². The summed E-state index contributed by atoms with van der Waals surface area (Å²) in [6, 6.07) is 3.71. The molecule has 4 atom stereocenters. The molecule has 4 unspecified atom stereocenters. The number of hydrogen-bond donors (Lipinski definition) is 3. The minimum Gasteiger partial charge on any atom is -0.473 e. The predicted molar refractivity (Wildman–Crippen MR) is 94.9 cm³/mol. The van der Waals surface area contributed by atoms with Gasteiger partial charge in [-0.3, -0.25) is 4.79 Å². The molecule has 3 heterocycles. The third-order valence-corrected chi connectivity index (χ3v) is 6.13. The molecule has 1 saturated carbocycles. The molecule has 2 aliphatic heterocycles. The zero-order valence-electron chi connectivity index (χ0n) is 13.9. The van der Waals surface area contributed by atoms with E-state index in [0.29, 0.717) is 11.4 Å². The molecular formula is C17H22N4O3S. The van der Waals surface area contributed by atoms with Crippen molar-refractivity contribution in [1.82, 2.24) is 20.9 Å². The van der Waals surface area contributed by atoms with Gasteiger partial charge in [-0.1, -0.05) is 0 Å². The minimum absolute atomic E-state index is 0.0454. The van der Waals surface area contributed by atoms with E-state index in [0.717, 1.165) is 37.2 Å². The van der Waals surface area contributed by atoms with Gasteiger partial charge in [0.25, 0.3) is 5.91 Å². The fourth-order valence-corrected chi connectivity index (χ4v) is 4.79. The number of ether oxygens (including phenoxy) is 1. The van der Waals surface area contributed by atoms with E-state index in [4.69, 9.17) is 4.74 Å². The van der Waals surface area contributed by atoms with Crippen molar-refractivity contribution in [2.45, 2.75) is 49.9 Å². The molecule has 3 fully saturated rings. The van der Waals surface area contributed by atoms with Crippen molar-refractivity contribution in [2.24, 2.45) is 0 Å². The highest BCUT2D eigenvalue weighted by atomic mass is 32.2. The maximum absolute atomic E-state index is 12.7. The Hall–Kier alpha value is -1.96. The molecule has 1 aromatic rings. The van der Waals surface area contributed by atoms with Crippen LogP contribution in [0.3, 0.4) is 0 Å². The number of nitrogens with zero attached hydrogens (tertiary/aromatic N) is 1. The maximum atomic E-state index is 12.7. The van der Waals surface area contributed by atoms with Crippen LogP contribution in [0.25, 0.3) is 0 Å². The van der Waals surface area contributed by atoms with Crippen LogP contribution in [0.15, 0.2) is 18.3 Å². The number of rotatable bonds is 4. The Morgan fingerprint density at radius 2 is 2.16 bits per heavy atom. The molecule has 4 rings (SSSR count). The number of nitrogens with one attached hydrogen (secondary N) is 3. The number of urea groups is 1. The molecule has 3 aliphatic rings. The van der Waals surface area contributed by atoms with E-state index < -0.39 is 0 Å². The summed E-state index contributed by atoms with van der Waals surface area (Å²) in [5, 5.41) is 8.92. The Morgan fingerprint density at radius 3 is 3.00 bits per heavy atom. The molecule has 0 aromatic carbocycles. The van der Waals surface area contributed by atoms with Gasteiger partial charge in [0.15, 0.2) is 0 Å². The smallest absolute Gasteiger partial charge is 0.315 e. The molecule has 3 N–H and O–H groups in total. The summed E-state index contributed by atoms with van der Waals surface area (Å²) >= 11 is 1.86. The highest BCUT2D eigenvalue weighted by molar-refractivity contribution is 7.99. The first kappa shape index (κ1) is 16.5. The van der Waals surface area contributed by atoms with Crippen LogP contribution in [0.4, 0.5) is 4.79 Å². The zero-order valence-corrected chi connectivity index (χ0v) is 14.7. The van der Waals surface area contributed by atoms with Gasteiger partial charge in [0.2, 0.25) is 5.88 Å². The third kappa shape index (κ3) is 3.68. The molecule has 8 heteroatoms. The van der Waals surface area contributed by atoms with E-state index in [1.165, 1.54) is 0 Å². The van der Waals surface area contributed by atoms with Crippen molar-refractivity contribution in [3.63, 3.8) is 0 Å². The fourth-order valence-electron chi connectivity index (χ4n) is 3.70. The monoisotopic (exact) mass is 362 g/mol. The average molecular weight is 362 g/mol. The molecule has 0 bridgehead atoms. The van der Waals surface area contributed by atoms with E-state index in [-0.39, 0.29) is 36.2 Å². The van der Waals surface area contributed by atoms with Crippen molar-refractivity contribution in [3.8, 4) is 5.88 Å². The molecule has 0 radical (unpaired) electrons. The van der Waals surface area contributed by atoms with Crippen molar-refractivity contribution >= 4 is 23.7 Å². The van der Waals surface area contributed by atoms with Gasteiger partial charge in [-0.2, -0.15) is 11.8 Å². The van der Waals surface area contributed by atoms with Crippen molar-refractivity contribution in [3.05, 3.63) is 23.9 Å². The van der Waals surface area contributed by atoms with E-state index in [1.807, 2.05) is 11.8 Å². The zero-order chi connectivity index (χ0) is 17.2. The van der Waals surface area contributed by atoms with E-state index >= 15 is 0 Å². The van der Waals surface area contributed by atoms with Gasteiger partial charge in [-0.05, 0) is 43.6 Å². The van der Waals surface area contributed by atoms with Gasteiger partial charge in [0, 0.05) is 18.0 Å². The number of hydrogen-bond acceptors (Lipinski definition) is 5. The van der Waals surface area contributed by atoms with Crippen molar-refractivity contribution in [1.29, 1.82) is 0 Å². The number of carbonyl (C=O) groups is 2. The normalized spacial score (nSPS) is 31.0.